The largest absolute Gasteiger partial charge is 0.478 e. The Bertz CT molecular complexity index is 1480. The van der Waals surface area contributed by atoms with Crippen LogP contribution < -0.4 is 0 Å². The number of halogens is 2. The van der Waals surface area contributed by atoms with E-state index in [4.69, 9.17) is 37.4 Å². The fourth-order valence-electron chi connectivity index (χ4n) is 6.28. The van der Waals surface area contributed by atoms with Crippen molar-refractivity contribution in [1.82, 2.24) is 10.1 Å². The van der Waals surface area contributed by atoms with Gasteiger partial charge in [0.25, 0.3) is 0 Å². The van der Waals surface area contributed by atoms with Gasteiger partial charge in [-0.05, 0) is 74.3 Å². The van der Waals surface area contributed by atoms with E-state index in [1.165, 1.54) is 0 Å². The van der Waals surface area contributed by atoms with Crippen LogP contribution in [0.4, 0.5) is 0 Å². The quantitative estimate of drug-likeness (QED) is 0.259. The van der Waals surface area contributed by atoms with E-state index in [2.05, 4.69) is 12.1 Å². The molecule has 2 bridgehead atoms. The van der Waals surface area contributed by atoms with Crippen molar-refractivity contribution in [2.75, 3.05) is 0 Å². The Morgan fingerprint density at radius 3 is 2.70 bits per heavy atom. The summed E-state index contributed by atoms with van der Waals surface area (Å²) in [4.78, 5) is 16.3. The van der Waals surface area contributed by atoms with Crippen LogP contribution in [0.5, 0.6) is 0 Å². The summed E-state index contributed by atoms with van der Waals surface area (Å²) in [6.07, 6.45) is 3.21. The van der Waals surface area contributed by atoms with Crippen LogP contribution in [0.2, 0.25) is 10.0 Å². The lowest BCUT2D eigenvalue weighted by Crippen LogP contribution is -2.30. The number of carboxylic acid groups (broad SMARTS) is 1. The lowest BCUT2D eigenvalue weighted by molar-refractivity contribution is -0.00938. The number of ether oxygens (including phenoxy) is 1. The summed E-state index contributed by atoms with van der Waals surface area (Å²) in [5.74, 6) is 1.72. The number of aryl methyl sites for hydroxylation is 1. The van der Waals surface area contributed by atoms with Gasteiger partial charge in [0.2, 0.25) is 0 Å². The zero-order chi connectivity index (χ0) is 25.8. The van der Waals surface area contributed by atoms with Gasteiger partial charge in [0.05, 0.1) is 43.5 Å². The summed E-state index contributed by atoms with van der Waals surface area (Å²) in [6.45, 7) is 4.59. The number of aromatic nitrogens is 2. The second-order valence-electron chi connectivity index (χ2n) is 10.3. The molecule has 4 aromatic rings. The number of hydrogen-bond acceptors (Lipinski definition) is 6. The molecular weight excluding hydrogens is 531 g/mol. The predicted molar refractivity (Wildman–Crippen MR) is 145 cm³/mol. The summed E-state index contributed by atoms with van der Waals surface area (Å²) >= 11 is 14.5. The molecule has 5 unspecified atom stereocenters. The second kappa shape index (κ2) is 9.70. The van der Waals surface area contributed by atoms with E-state index in [9.17, 15) is 9.90 Å². The van der Waals surface area contributed by atoms with E-state index in [-0.39, 0.29) is 6.10 Å². The number of aromatic carboxylic acids is 1. The fraction of sp³-hybridized carbons (Fsp3) is 0.393. The first-order valence-electron chi connectivity index (χ1n) is 12.4. The molecule has 5 atom stereocenters. The summed E-state index contributed by atoms with van der Waals surface area (Å²) < 4.78 is 12.9. The highest BCUT2D eigenvalue weighted by Crippen LogP contribution is 2.56. The molecule has 192 valence electrons. The van der Waals surface area contributed by atoms with Crippen molar-refractivity contribution in [3.63, 3.8) is 0 Å². The van der Waals surface area contributed by atoms with E-state index in [0.717, 1.165) is 40.1 Å². The highest BCUT2D eigenvalue weighted by molar-refractivity contribution is 7.18. The lowest BCUT2D eigenvalue weighted by atomic mass is 9.76. The first-order valence-corrected chi connectivity index (χ1v) is 14.0. The maximum atomic E-state index is 11.4. The standard InChI is InChI=1S/C28H26Cl2N2O4S/c1-13-8-16-9-17(35-12-19-14(2)36-32-26(19)25-20(29)4-3-5-21(25)30)11-18(13)24(16)27-31-22-7-6-15(28(33)34)10-23(22)37-27/h3-7,10,13,16-18,24H,8-9,11-12H2,1-2H3,(H,33,34). The van der Waals surface area contributed by atoms with E-state index in [1.54, 1.807) is 35.6 Å². The van der Waals surface area contributed by atoms with E-state index >= 15 is 0 Å². The first-order chi connectivity index (χ1) is 17.8. The average molecular weight is 557 g/mol. The van der Waals surface area contributed by atoms with Gasteiger partial charge in [0.15, 0.2) is 0 Å². The topological polar surface area (TPSA) is 85.5 Å². The number of carbonyl (C=O) groups is 1. The Hall–Kier alpha value is -2.45. The van der Waals surface area contributed by atoms with E-state index < -0.39 is 5.97 Å². The Labute approximate surface area is 228 Å². The highest BCUT2D eigenvalue weighted by Gasteiger charge is 2.48. The molecule has 2 saturated carbocycles. The molecule has 9 heteroatoms. The molecule has 0 aliphatic heterocycles. The Morgan fingerprint density at radius 2 is 1.97 bits per heavy atom. The van der Waals surface area contributed by atoms with Crippen LogP contribution in [0.15, 0.2) is 40.9 Å². The molecule has 0 spiro atoms. The van der Waals surface area contributed by atoms with Crippen molar-refractivity contribution in [3.05, 3.63) is 68.3 Å². The van der Waals surface area contributed by atoms with Crippen molar-refractivity contribution in [2.24, 2.45) is 17.8 Å². The van der Waals surface area contributed by atoms with Crippen molar-refractivity contribution >= 4 is 50.7 Å². The minimum Gasteiger partial charge on any atom is -0.478 e. The molecule has 2 fully saturated rings. The van der Waals surface area contributed by atoms with Gasteiger partial charge in [-0.3, -0.25) is 0 Å². The van der Waals surface area contributed by atoms with Gasteiger partial charge in [-0.15, -0.1) is 11.3 Å². The number of rotatable bonds is 6. The van der Waals surface area contributed by atoms with Gasteiger partial charge in [-0.1, -0.05) is 41.3 Å². The maximum absolute atomic E-state index is 11.4. The second-order valence-corrected chi connectivity index (χ2v) is 12.1. The summed E-state index contributed by atoms with van der Waals surface area (Å²) in [5.41, 5.74) is 3.36. The van der Waals surface area contributed by atoms with Crippen LogP contribution in [0.1, 0.15) is 58.8 Å². The first kappa shape index (κ1) is 24.9. The molecule has 1 N–H and O–H groups in total. The number of benzene rings is 2. The molecule has 2 aromatic heterocycles. The molecule has 2 aliphatic rings. The van der Waals surface area contributed by atoms with Crippen molar-refractivity contribution < 1.29 is 19.2 Å². The normalized spacial score (nSPS) is 25.1. The summed E-state index contributed by atoms with van der Waals surface area (Å²) in [5, 5.41) is 15.8. The van der Waals surface area contributed by atoms with Gasteiger partial charge in [-0.25, -0.2) is 9.78 Å². The number of carboxylic acids is 1. The zero-order valence-corrected chi connectivity index (χ0v) is 22.7. The molecular formula is C28H26Cl2N2O4S. The SMILES string of the molecule is Cc1onc(-c2c(Cl)cccc2Cl)c1COC1CC2CC(C)C(C1)C2c1nc2ccc(C(=O)O)cc2s1. The molecule has 6 nitrogen and oxygen atoms in total. The van der Waals surface area contributed by atoms with Crippen LogP contribution in [0, 0.1) is 24.7 Å². The number of fused-ring (bicyclic) bond motifs is 3. The maximum Gasteiger partial charge on any atom is 0.335 e. The smallest absolute Gasteiger partial charge is 0.335 e. The minimum absolute atomic E-state index is 0.132. The number of nitrogens with zero attached hydrogens (tertiary/aromatic N) is 2. The third kappa shape index (κ3) is 4.46. The van der Waals surface area contributed by atoms with Crippen LogP contribution in [0.3, 0.4) is 0 Å². The monoisotopic (exact) mass is 556 g/mol. The average Bonchev–Trinajstić information content (AvgIpc) is 3.49. The molecule has 2 heterocycles. The molecule has 2 aliphatic carbocycles. The number of thiazole rings is 1. The van der Waals surface area contributed by atoms with Gasteiger partial charge in [0, 0.05) is 17.0 Å². The van der Waals surface area contributed by atoms with Gasteiger partial charge in [0.1, 0.15) is 11.5 Å². The molecule has 0 saturated heterocycles. The zero-order valence-electron chi connectivity index (χ0n) is 20.4. The predicted octanol–water partition coefficient (Wildman–Crippen LogP) is 8.00. The molecule has 6 rings (SSSR count). The van der Waals surface area contributed by atoms with Crippen LogP contribution >= 0.6 is 34.5 Å². The molecule has 37 heavy (non-hydrogen) atoms. The molecule has 0 amide bonds. The third-order valence-corrected chi connectivity index (χ3v) is 9.81. The van der Waals surface area contributed by atoms with Crippen molar-refractivity contribution in [3.8, 4) is 11.3 Å². The fourth-order valence-corrected chi connectivity index (χ4v) is 8.14. The summed E-state index contributed by atoms with van der Waals surface area (Å²) in [6, 6.07) is 10.6. The van der Waals surface area contributed by atoms with Crippen LogP contribution in [0.25, 0.3) is 21.5 Å². The van der Waals surface area contributed by atoms with Crippen LogP contribution in [-0.2, 0) is 11.3 Å². The molecule has 0 radical (unpaired) electrons. The summed E-state index contributed by atoms with van der Waals surface area (Å²) in [7, 11) is 0. The third-order valence-electron chi connectivity index (χ3n) is 8.06. The van der Waals surface area contributed by atoms with E-state index in [0.29, 0.717) is 62.9 Å². The van der Waals surface area contributed by atoms with Gasteiger partial charge in [-0.2, -0.15) is 0 Å². The van der Waals surface area contributed by atoms with Crippen molar-refractivity contribution in [2.45, 2.75) is 51.7 Å². The molecule has 2 aromatic carbocycles. The van der Waals surface area contributed by atoms with Gasteiger partial charge >= 0.3 is 5.97 Å². The van der Waals surface area contributed by atoms with E-state index in [1.807, 2.05) is 19.1 Å². The number of hydrogen-bond donors (Lipinski definition) is 1. The van der Waals surface area contributed by atoms with Crippen LogP contribution in [-0.4, -0.2) is 27.3 Å². The van der Waals surface area contributed by atoms with Crippen molar-refractivity contribution in [1.29, 1.82) is 0 Å². The highest BCUT2D eigenvalue weighted by atomic mass is 35.5. The lowest BCUT2D eigenvalue weighted by Gasteiger charge is -2.35. The minimum atomic E-state index is -0.911. The Balaban J connectivity index is 1.20. The Morgan fingerprint density at radius 1 is 1.19 bits per heavy atom. The Kier molecular flexibility index (Phi) is 6.51. The van der Waals surface area contributed by atoms with Gasteiger partial charge < -0.3 is 14.4 Å².